The third kappa shape index (κ3) is 4.06. The number of benzene rings is 1. The van der Waals surface area contributed by atoms with E-state index in [1.807, 2.05) is 23.5 Å². The summed E-state index contributed by atoms with van der Waals surface area (Å²) in [4.78, 5) is 14.2. The zero-order valence-electron chi connectivity index (χ0n) is 17.1. The summed E-state index contributed by atoms with van der Waals surface area (Å²) in [6, 6.07) is 7.01. The third-order valence-corrected chi connectivity index (χ3v) is 7.41. The molecular formula is C23H27FN4OS. The highest BCUT2D eigenvalue weighted by Crippen LogP contribution is 2.37. The van der Waals surface area contributed by atoms with Crippen molar-refractivity contribution >= 4 is 27.4 Å². The molecule has 0 bridgehead atoms. The molecule has 0 radical (unpaired) electrons. The number of morpholine rings is 1. The van der Waals surface area contributed by atoms with Gasteiger partial charge < -0.3 is 10.1 Å². The largest absolute Gasteiger partial charge is 0.379 e. The molecule has 30 heavy (non-hydrogen) atoms. The highest BCUT2D eigenvalue weighted by molar-refractivity contribution is 7.18. The van der Waals surface area contributed by atoms with Crippen molar-refractivity contribution in [1.82, 2.24) is 14.9 Å². The number of rotatable bonds is 5. The van der Waals surface area contributed by atoms with E-state index in [-0.39, 0.29) is 11.9 Å². The van der Waals surface area contributed by atoms with E-state index in [1.54, 1.807) is 18.5 Å². The quantitative estimate of drug-likeness (QED) is 0.605. The molecule has 158 valence electrons. The zero-order valence-corrected chi connectivity index (χ0v) is 17.9. The van der Waals surface area contributed by atoms with E-state index < -0.39 is 0 Å². The van der Waals surface area contributed by atoms with Gasteiger partial charge in [0.1, 0.15) is 22.8 Å². The van der Waals surface area contributed by atoms with E-state index in [4.69, 9.17) is 4.74 Å². The number of aryl methyl sites for hydroxylation is 2. The number of thiophene rings is 1. The van der Waals surface area contributed by atoms with Gasteiger partial charge in [-0.05, 0) is 48.9 Å². The highest BCUT2D eigenvalue weighted by Gasteiger charge is 2.24. The first-order valence-electron chi connectivity index (χ1n) is 10.9. The molecule has 0 spiro atoms. The molecule has 3 aromatic rings. The molecule has 0 saturated carbocycles. The monoisotopic (exact) mass is 426 g/mol. The minimum Gasteiger partial charge on any atom is -0.379 e. The van der Waals surface area contributed by atoms with E-state index >= 15 is 0 Å². The molecule has 1 aliphatic heterocycles. The van der Waals surface area contributed by atoms with Crippen LogP contribution in [0.5, 0.6) is 0 Å². The Morgan fingerprint density at radius 1 is 1.07 bits per heavy atom. The van der Waals surface area contributed by atoms with Crippen molar-refractivity contribution in [1.29, 1.82) is 0 Å². The van der Waals surface area contributed by atoms with Crippen LogP contribution in [-0.2, 0) is 17.6 Å². The summed E-state index contributed by atoms with van der Waals surface area (Å²) in [5, 5.41) is 4.84. The molecule has 1 aliphatic carbocycles. The normalized spacial score (nSPS) is 18.7. The maximum atomic E-state index is 13.5. The number of nitrogens with one attached hydrogen (secondary N) is 1. The molecule has 2 aromatic heterocycles. The summed E-state index contributed by atoms with van der Waals surface area (Å²) in [7, 11) is 0. The van der Waals surface area contributed by atoms with E-state index in [2.05, 4.69) is 20.2 Å². The molecule has 5 nitrogen and oxygen atoms in total. The fourth-order valence-corrected chi connectivity index (χ4v) is 5.86. The van der Waals surface area contributed by atoms with E-state index in [9.17, 15) is 4.39 Å². The first-order valence-corrected chi connectivity index (χ1v) is 11.7. The summed E-state index contributed by atoms with van der Waals surface area (Å²) >= 11 is 1.83. The number of halogens is 1. The molecule has 7 heteroatoms. The first-order chi connectivity index (χ1) is 14.8. The van der Waals surface area contributed by atoms with Crippen LogP contribution in [0, 0.1) is 5.82 Å². The van der Waals surface area contributed by atoms with Crippen molar-refractivity contribution in [3.8, 4) is 0 Å². The lowest BCUT2D eigenvalue weighted by Gasteiger charge is -2.35. The number of hydrogen-bond donors (Lipinski definition) is 1. The molecule has 1 aromatic carbocycles. The van der Waals surface area contributed by atoms with Crippen molar-refractivity contribution in [2.24, 2.45) is 0 Å². The van der Waals surface area contributed by atoms with Crippen molar-refractivity contribution < 1.29 is 9.13 Å². The molecule has 1 fully saturated rings. The Kier molecular flexibility index (Phi) is 5.93. The van der Waals surface area contributed by atoms with E-state index in [0.29, 0.717) is 6.54 Å². The fourth-order valence-electron chi connectivity index (χ4n) is 4.63. The second-order valence-corrected chi connectivity index (χ2v) is 9.15. The second-order valence-electron chi connectivity index (χ2n) is 8.06. The van der Waals surface area contributed by atoms with Gasteiger partial charge in [-0.1, -0.05) is 18.6 Å². The van der Waals surface area contributed by atoms with Gasteiger partial charge in [-0.3, -0.25) is 4.90 Å². The number of fused-ring (bicyclic) bond motifs is 3. The lowest BCUT2D eigenvalue weighted by Crippen LogP contribution is -2.41. The average molecular weight is 427 g/mol. The van der Waals surface area contributed by atoms with E-state index in [0.717, 1.165) is 55.4 Å². The fraction of sp³-hybridized carbons (Fsp3) is 0.478. The molecule has 1 unspecified atom stereocenters. The predicted octanol–water partition coefficient (Wildman–Crippen LogP) is 4.58. The van der Waals surface area contributed by atoms with Crippen molar-refractivity contribution in [2.45, 2.75) is 38.1 Å². The van der Waals surface area contributed by atoms with Crippen LogP contribution in [0.3, 0.4) is 0 Å². The summed E-state index contributed by atoms with van der Waals surface area (Å²) in [5.74, 6) is 0.727. The molecule has 3 heterocycles. The third-order valence-electron chi connectivity index (χ3n) is 6.21. The van der Waals surface area contributed by atoms with Gasteiger partial charge >= 0.3 is 0 Å². The Balaban J connectivity index is 1.44. The van der Waals surface area contributed by atoms with Crippen molar-refractivity contribution in [3.63, 3.8) is 0 Å². The minimum absolute atomic E-state index is 0.136. The number of aromatic nitrogens is 2. The summed E-state index contributed by atoms with van der Waals surface area (Å²) in [6.07, 6.45) is 7.73. The Bertz CT molecular complexity index is 1000. The van der Waals surface area contributed by atoms with Crippen LogP contribution in [0.2, 0.25) is 0 Å². The molecule has 1 N–H and O–H groups in total. The van der Waals surface area contributed by atoms with Gasteiger partial charge in [-0.2, -0.15) is 0 Å². The lowest BCUT2D eigenvalue weighted by molar-refractivity contribution is 0.0187. The molecule has 0 amide bonds. The van der Waals surface area contributed by atoms with Crippen molar-refractivity contribution in [2.75, 3.05) is 38.2 Å². The SMILES string of the molecule is Fc1ccc(C(CNc2ncnc3sc4c(c23)CCCCC4)N2CCOCC2)cc1. The topological polar surface area (TPSA) is 50.3 Å². The molecule has 2 aliphatic rings. The van der Waals surface area contributed by atoms with Gasteiger partial charge in [-0.15, -0.1) is 11.3 Å². The average Bonchev–Trinajstić information content (AvgIpc) is 2.98. The number of ether oxygens (including phenoxy) is 1. The molecule has 5 rings (SSSR count). The lowest BCUT2D eigenvalue weighted by atomic mass is 10.0. The summed E-state index contributed by atoms with van der Waals surface area (Å²) < 4.78 is 19.1. The van der Waals surface area contributed by atoms with Crippen LogP contribution >= 0.6 is 11.3 Å². The van der Waals surface area contributed by atoms with Gasteiger partial charge in [0.25, 0.3) is 0 Å². The standard InChI is InChI=1S/C23H27FN4OS/c24-17-8-6-16(7-9-17)19(28-10-12-29-13-11-28)14-25-22-21-18-4-2-1-3-5-20(18)30-23(21)27-15-26-22/h6-9,15,19H,1-5,10-14H2,(H,25,26,27). The second kappa shape index (κ2) is 8.96. The van der Waals surface area contributed by atoms with Crippen LogP contribution in [0.4, 0.5) is 10.2 Å². The molecule has 1 atom stereocenters. The van der Waals surface area contributed by atoms with Gasteiger partial charge in [0.15, 0.2) is 0 Å². The van der Waals surface area contributed by atoms with Crippen LogP contribution in [0.1, 0.15) is 41.3 Å². The van der Waals surface area contributed by atoms with Gasteiger partial charge in [-0.25, -0.2) is 14.4 Å². The smallest absolute Gasteiger partial charge is 0.138 e. The van der Waals surface area contributed by atoms with Crippen LogP contribution in [0.15, 0.2) is 30.6 Å². The Morgan fingerprint density at radius 3 is 2.70 bits per heavy atom. The zero-order chi connectivity index (χ0) is 20.3. The van der Waals surface area contributed by atoms with Crippen LogP contribution in [0.25, 0.3) is 10.2 Å². The maximum absolute atomic E-state index is 13.5. The summed E-state index contributed by atoms with van der Waals surface area (Å²) in [6.45, 7) is 3.91. The Labute approximate surface area is 180 Å². The number of nitrogens with zero attached hydrogens (tertiary/aromatic N) is 3. The first kappa shape index (κ1) is 19.8. The number of hydrogen-bond acceptors (Lipinski definition) is 6. The molecule has 1 saturated heterocycles. The van der Waals surface area contributed by atoms with E-state index in [1.165, 1.54) is 35.1 Å². The van der Waals surface area contributed by atoms with Gasteiger partial charge in [0.2, 0.25) is 0 Å². The van der Waals surface area contributed by atoms with Gasteiger partial charge in [0, 0.05) is 24.5 Å². The Hall–Kier alpha value is -2.09. The van der Waals surface area contributed by atoms with Crippen molar-refractivity contribution in [3.05, 3.63) is 52.4 Å². The maximum Gasteiger partial charge on any atom is 0.138 e. The Morgan fingerprint density at radius 2 is 1.87 bits per heavy atom. The minimum atomic E-state index is -0.203. The number of anilines is 1. The molecular weight excluding hydrogens is 399 g/mol. The highest BCUT2D eigenvalue weighted by atomic mass is 32.1. The van der Waals surface area contributed by atoms with Crippen LogP contribution < -0.4 is 5.32 Å². The van der Waals surface area contributed by atoms with Crippen LogP contribution in [-0.4, -0.2) is 47.7 Å². The predicted molar refractivity (Wildman–Crippen MR) is 119 cm³/mol. The summed E-state index contributed by atoms with van der Waals surface area (Å²) in [5.41, 5.74) is 2.56. The van der Waals surface area contributed by atoms with Gasteiger partial charge in [0.05, 0.1) is 24.6 Å².